The van der Waals surface area contributed by atoms with Crippen molar-refractivity contribution in [3.63, 3.8) is 0 Å². The van der Waals surface area contributed by atoms with E-state index >= 15 is 0 Å². The van der Waals surface area contributed by atoms with Crippen LogP contribution in [0.5, 0.6) is 5.75 Å². The Hall–Kier alpha value is -2.73. The summed E-state index contributed by atoms with van der Waals surface area (Å²) in [5.74, 6) is 1.18. The summed E-state index contributed by atoms with van der Waals surface area (Å²) >= 11 is 1.16. The van der Waals surface area contributed by atoms with Crippen molar-refractivity contribution >= 4 is 22.6 Å². The number of anilines is 1. The number of amides is 1. The Balaban J connectivity index is 1.76. The fourth-order valence-corrected chi connectivity index (χ4v) is 2.71. The monoisotopic (exact) mass is 325 g/mol. The van der Waals surface area contributed by atoms with Gasteiger partial charge >= 0.3 is 0 Å². The second-order valence-electron chi connectivity index (χ2n) is 4.92. The van der Waals surface area contributed by atoms with Crippen molar-refractivity contribution in [2.45, 2.75) is 6.92 Å². The van der Waals surface area contributed by atoms with Gasteiger partial charge in [-0.3, -0.25) is 10.1 Å². The molecule has 0 spiro atoms. The molecule has 0 unspecified atom stereocenters. The maximum absolute atomic E-state index is 12.3. The zero-order valence-electron chi connectivity index (χ0n) is 12.7. The molecule has 3 rings (SSSR count). The first kappa shape index (κ1) is 15.2. The number of hydrogen-bond acceptors (Lipinski definition) is 5. The summed E-state index contributed by atoms with van der Waals surface area (Å²) < 4.78 is 9.41. The number of rotatable bonds is 4. The van der Waals surface area contributed by atoms with Crippen molar-refractivity contribution in [3.8, 4) is 17.1 Å². The molecule has 0 aliphatic carbocycles. The highest BCUT2D eigenvalue weighted by atomic mass is 32.1. The Labute approximate surface area is 138 Å². The van der Waals surface area contributed by atoms with Crippen LogP contribution in [0.1, 0.15) is 15.9 Å². The Morgan fingerprint density at radius 2 is 1.87 bits per heavy atom. The quantitative estimate of drug-likeness (QED) is 0.793. The fourth-order valence-electron chi connectivity index (χ4n) is 2.12. The Morgan fingerprint density at radius 3 is 2.57 bits per heavy atom. The molecule has 2 aromatic carbocycles. The van der Waals surface area contributed by atoms with Gasteiger partial charge in [0.1, 0.15) is 5.75 Å². The van der Waals surface area contributed by atoms with Crippen molar-refractivity contribution in [1.82, 2.24) is 9.36 Å². The molecular formula is C17H15N3O2S. The highest BCUT2D eigenvalue weighted by Gasteiger charge is 2.12. The Kier molecular flexibility index (Phi) is 4.34. The maximum Gasteiger partial charge on any atom is 0.257 e. The van der Waals surface area contributed by atoms with Gasteiger partial charge in [0, 0.05) is 22.7 Å². The molecule has 0 saturated carbocycles. The van der Waals surface area contributed by atoms with E-state index in [9.17, 15) is 4.79 Å². The van der Waals surface area contributed by atoms with Gasteiger partial charge in [-0.2, -0.15) is 9.36 Å². The molecule has 1 aromatic heterocycles. The van der Waals surface area contributed by atoms with Crippen molar-refractivity contribution in [1.29, 1.82) is 0 Å². The summed E-state index contributed by atoms with van der Waals surface area (Å²) in [5, 5.41) is 3.27. The average molecular weight is 325 g/mol. The fraction of sp³-hybridized carbons (Fsp3) is 0.118. The highest BCUT2D eigenvalue weighted by molar-refractivity contribution is 7.10. The topological polar surface area (TPSA) is 64.1 Å². The summed E-state index contributed by atoms with van der Waals surface area (Å²) in [6.45, 7) is 1.90. The molecule has 0 saturated heterocycles. The van der Waals surface area contributed by atoms with Crippen LogP contribution in [-0.4, -0.2) is 22.4 Å². The summed E-state index contributed by atoms with van der Waals surface area (Å²) in [5.41, 5.74) is 2.43. The van der Waals surface area contributed by atoms with Gasteiger partial charge in [0.2, 0.25) is 5.13 Å². The Morgan fingerprint density at radius 1 is 1.13 bits per heavy atom. The molecule has 0 radical (unpaired) electrons. The number of carbonyl (C=O) groups excluding carboxylic acids is 1. The van der Waals surface area contributed by atoms with E-state index in [0.29, 0.717) is 16.5 Å². The molecule has 1 heterocycles. The van der Waals surface area contributed by atoms with E-state index in [2.05, 4.69) is 14.7 Å². The van der Waals surface area contributed by atoms with E-state index in [0.717, 1.165) is 28.4 Å². The van der Waals surface area contributed by atoms with Crippen LogP contribution in [0.25, 0.3) is 11.4 Å². The zero-order valence-corrected chi connectivity index (χ0v) is 13.6. The molecule has 0 bridgehead atoms. The van der Waals surface area contributed by atoms with Gasteiger partial charge < -0.3 is 4.74 Å². The minimum absolute atomic E-state index is 0.180. The third-order valence-corrected chi connectivity index (χ3v) is 4.01. The first-order valence-electron chi connectivity index (χ1n) is 7.02. The van der Waals surface area contributed by atoms with E-state index in [4.69, 9.17) is 4.74 Å². The lowest BCUT2D eigenvalue weighted by Gasteiger charge is -2.04. The van der Waals surface area contributed by atoms with Crippen LogP contribution in [-0.2, 0) is 0 Å². The number of aryl methyl sites for hydroxylation is 1. The molecule has 1 N–H and O–H groups in total. The van der Waals surface area contributed by atoms with Crippen molar-refractivity contribution in [2.24, 2.45) is 0 Å². The average Bonchev–Trinajstić information content (AvgIpc) is 3.03. The molecule has 0 atom stereocenters. The standard InChI is InChI=1S/C17H15N3O2S/c1-11-5-3-4-6-14(11)16(21)19-17-18-15(20-23-17)12-7-9-13(22-2)10-8-12/h3-10H,1-2H3,(H,18,19,20,21). The predicted octanol–water partition coefficient (Wildman–Crippen LogP) is 3.77. The molecule has 23 heavy (non-hydrogen) atoms. The predicted molar refractivity (Wildman–Crippen MR) is 91.0 cm³/mol. The lowest BCUT2D eigenvalue weighted by molar-refractivity contribution is 0.102. The SMILES string of the molecule is COc1ccc(-c2nsc(NC(=O)c3ccccc3C)n2)cc1. The third-order valence-electron chi connectivity index (χ3n) is 3.38. The number of benzene rings is 2. The smallest absolute Gasteiger partial charge is 0.257 e. The molecular weight excluding hydrogens is 310 g/mol. The minimum atomic E-state index is -0.180. The van der Waals surface area contributed by atoms with E-state index < -0.39 is 0 Å². The van der Waals surface area contributed by atoms with Gasteiger partial charge in [-0.15, -0.1) is 0 Å². The third kappa shape index (κ3) is 3.37. The number of aromatic nitrogens is 2. The van der Waals surface area contributed by atoms with Gasteiger partial charge in [-0.25, -0.2) is 0 Å². The second kappa shape index (κ2) is 6.58. The van der Waals surface area contributed by atoms with Crippen LogP contribution in [0.15, 0.2) is 48.5 Å². The molecule has 0 aliphatic rings. The molecule has 3 aromatic rings. The molecule has 0 aliphatic heterocycles. The summed E-state index contributed by atoms with van der Waals surface area (Å²) in [6.07, 6.45) is 0. The van der Waals surface area contributed by atoms with Crippen LogP contribution >= 0.6 is 11.5 Å². The van der Waals surface area contributed by atoms with E-state index in [-0.39, 0.29) is 5.91 Å². The number of hydrogen-bond donors (Lipinski definition) is 1. The van der Waals surface area contributed by atoms with Gasteiger partial charge in [0.05, 0.1) is 7.11 Å². The largest absolute Gasteiger partial charge is 0.497 e. The van der Waals surface area contributed by atoms with E-state index in [1.807, 2.05) is 49.4 Å². The van der Waals surface area contributed by atoms with E-state index in [1.165, 1.54) is 0 Å². The zero-order chi connectivity index (χ0) is 16.2. The molecule has 1 amide bonds. The van der Waals surface area contributed by atoms with Gasteiger partial charge in [0.15, 0.2) is 5.82 Å². The van der Waals surface area contributed by atoms with Gasteiger partial charge in [-0.05, 0) is 42.8 Å². The molecule has 6 heteroatoms. The summed E-state index contributed by atoms with van der Waals surface area (Å²) in [4.78, 5) is 16.6. The number of ether oxygens (including phenoxy) is 1. The second-order valence-corrected chi connectivity index (χ2v) is 5.67. The number of methoxy groups -OCH3 is 1. The molecule has 0 fully saturated rings. The van der Waals surface area contributed by atoms with Crippen LogP contribution in [0.2, 0.25) is 0 Å². The van der Waals surface area contributed by atoms with Crippen LogP contribution in [0.3, 0.4) is 0 Å². The van der Waals surface area contributed by atoms with Crippen LogP contribution in [0.4, 0.5) is 5.13 Å². The Bertz CT molecular complexity index is 828. The summed E-state index contributed by atoms with van der Waals surface area (Å²) in [7, 11) is 1.62. The lowest BCUT2D eigenvalue weighted by Crippen LogP contribution is -2.12. The van der Waals surface area contributed by atoms with Crippen molar-refractivity contribution in [2.75, 3.05) is 12.4 Å². The molecule has 5 nitrogen and oxygen atoms in total. The van der Waals surface area contributed by atoms with Gasteiger partial charge in [-0.1, -0.05) is 18.2 Å². The number of nitrogens with zero attached hydrogens (tertiary/aromatic N) is 2. The number of nitrogens with one attached hydrogen (secondary N) is 1. The van der Waals surface area contributed by atoms with Crippen LogP contribution in [0, 0.1) is 6.92 Å². The minimum Gasteiger partial charge on any atom is -0.497 e. The van der Waals surface area contributed by atoms with Crippen molar-refractivity contribution < 1.29 is 9.53 Å². The van der Waals surface area contributed by atoms with Crippen molar-refractivity contribution in [3.05, 3.63) is 59.7 Å². The van der Waals surface area contributed by atoms with Crippen LogP contribution < -0.4 is 10.1 Å². The maximum atomic E-state index is 12.3. The lowest BCUT2D eigenvalue weighted by atomic mass is 10.1. The van der Waals surface area contributed by atoms with Gasteiger partial charge in [0.25, 0.3) is 5.91 Å². The highest BCUT2D eigenvalue weighted by Crippen LogP contribution is 2.23. The number of carbonyl (C=O) groups is 1. The first-order chi connectivity index (χ1) is 11.2. The summed E-state index contributed by atoms with van der Waals surface area (Å²) in [6, 6.07) is 14.9. The first-order valence-corrected chi connectivity index (χ1v) is 7.80. The van der Waals surface area contributed by atoms with E-state index in [1.54, 1.807) is 13.2 Å². The normalized spacial score (nSPS) is 10.3. The molecule has 116 valence electrons.